The van der Waals surface area contributed by atoms with Crippen LogP contribution >= 0.6 is 0 Å². The molecule has 0 aliphatic rings. The largest absolute Gasteiger partial charge is 0.369 e. The molecule has 0 bridgehead atoms. The minimum Gasteiger partial charge on any atom is -0.369 e. The Morgan fingerprint density at radius 3 is 2.13 bits per heavy atom. The number of allylic oxidation sites excluding steroid dienone is 1. The van der Waals surface area contributed by atoms with Gasteiger partial charge in [-0.3, -0.25) is 14.4 Å². The Bertz CT molecular complexity index is 881. The maximum absolute atomic E-state index is 13.2. The van der Waals surface area contributed by atoms with Crippen molar-refractivity contribution in [3.8, 4) is 0 Å². The van der Waals surface area contributed by atoms with Gasteiger partial charge in [0, 0.05) is 23.1 Å². The van der Waals surface area contributed by atoms with Crippen LogP contribution in [0, 0.1) is 11.8 Å². The average molecular weight is 426 g/mol. The summed E-state index contributed by atoms with van der Waals surface area (Å²) >= 11 is 0. The SMILES string of the molecule is C=C(CCC(C)CCC)c1ccc(C(C)=O)c(C(=O)C(=C)C(CCC(C)=O)C(N)=O)c1. The fraction of sp³-hybridized carbons (Fsp3) is 0.462. The number of hydrogen-bond acceptors (Lipinski definition) is 4. The number of rotatable bonds is 14. The number of carbonyl (C=O) groups is 4. The average Bonchev–Trinajstić information content (AvgIpc) is 2.70. The minimum atomic E-state index is -0.960. The number of amides is 1. The van der Waals surface area contributed by atoms with Gasteiger partial charge in [0.25, 0.3) is 0 Å². The first-order valence-electron chi connectivity index (χ1n) is 10.8. The molecule has 0 heterocycles. The van der Waals surface area contributed by atoms with Crippen LogP contribution in [0.15, 0.2) is 36.9 Å². The molecule has 0 aromatic heterocycles. The number of hydrogen-bond donors (Lipinski definition) is 1. The van der Waals surface area contributed by atoms with E-state index in [4.69, 9.17) is 5.73 Å². The molecule has 1 aromatic carbocycles. The standard InChI is InChI=1S/C26H35NO4/c1-7-8-16(2)9-10-17(3)21-12-14-23(20(6)29)24(15-21)25(30)19(5)22(26(27)31)13-11-18(4)28/h12,14-16,22H,3,5,7-11,13H2,1-2,4,6H3,(H2,27,31). The Labute approximate surface area is 185 Å². The predicted octanol–water partition coefficient (Wildman–Crippen LogP) is 5.33. The zero-order chi connectivity index (χ0) is 23.7. The molecular weight excluding hydrogens is 390 g/mol. The molecule has 1 rings (SSSR count). The van der Waals surface area contributed by atoms with Crippen molar-refractivity contribution in [1.82, 2.24) is 0 Å². The smallest absolute Gasteiger partial charge is 0.225 e. The molecule has 0 fully saturated rings. The molecule has 0 spiro atoms. The van der Waals surface area contributed by atoms with Gasteiger partial charge in [0.1, 0.15) is 5.78 Å². The van der Waals surface area contributed by atoms with E-state index in [2.05, 4.69) is 27.0 Å². The summed E-state index contributed by atoms with van der Waals surface area (Å²) in [5, 5.41) is 0. The molecule has 0 saturated carbocycles. The molecule has 0 aliphatic heterocycles. The van der Waals surface area contributed by atoms with Gasteiger partial charge in [0.2, 0.25) is 5.91 Å². The van der Waals surface area contributed by atoms with Crippen molar-refractivity contribution in [2.75, 3.05) is 0 Å². The molecule has 5 nitrogen and oxygen atoms in total. The van der Waals surface area contributed by atoms with E-state index < -0.39 is 17.6 Å². The van der Waals surface area contributed by atoms with Gasteiger partial charge in [0.05, 0.1) is 5.92 Å². The summed E-state index contributed by atoms with van der Waals surface area (Å²) in [6, 6.07) is 5.07. The Morgan fingerprint density at radius 2 is 1.61 bits per heavy atom. The summed E-state index contributed by atoms with van der Waals surface area (Å²) in [6.07, 6.45) is 4.30. The quantitative estimate of drug-likeness (QED) is 0.322. The van der Waals surface area contributed by atoms with Crippen LogP contribution in [0.25, 0.3) is 5.57 Å². The lowest BCUT2D eigenvalue weighted by atomic mass is 9.85. The molecule has 1 amide bonds. The Kier molecular flexibility index (Phi) is 10.3. The van der Waals surface area contributed by atoms with E-state index >= 15 is 0 Å². The van der Waals surface area contributed by atoms with E-state index in [1.807, 2.05) is 0 Å². The van der Waals surface area contributed by atoms with E-state index in [0.717, 1.165) is 36.8 Å². The van der Waals surface area contributed by atoms with Crippen molar-refractivity contribution >= 4 is 28.8 Å². The van der Waals surface area contributed by atoms with Crippen LogP contribution in [0.4, 0.5) is 0 Å². The molecule has 1 aromatic rings. The highest BCUT2D eigenvalue weighted by Gasteiger charge is 2.27. The van der Waals surface area contributed by atoms with E-state index in [9.17, 15) is 19.2 Å². The Morgan fingerprint density at radius 1 is 0.968 bits per heavy atom. The first kappa shape index (κ1) is 26.2. The highest BCUT2D eigenvalue weighted by molar-refractivity contribution is 6.17. The summed E-state index contributed by atoms with van der Waals surface area (Å²) < 4.78 is 0. The number of primary amides is 1. The molecule has 2 N–H and O–H groups in total. The van der Waals surface area contributed by atoms with Crippen molar-refractivity contribution in [2.24, 2.45) is 17.6 Å². The normalized spacial score (nSPS) is 12.6. The zero-order valence-electron chi connectivity index (χ0n) is 19.3. The van der Waals surface area contributed by atoms with Crippen molar-refractivity contribution in [3.63, 3.8) is 0 Å². The Hall–Kier alpha value is -2.82. The predicted molar refractivity (Wildman–Crippen MR) is 125 cm³/mol. The van der Waals surface area contributed by atoms with Crippen LogP contribution in [-0.2, 0) is 9.59 Å². The van der Waals surface area contributed by atoms with Crippen LogP contribution in [0.5, 0.6) is 0 Å². The van der Waals surface area contributed by atoms with Crippen LogP contribution < -0.4 is 5.73 Å². The number of ketones is 3. The third-order valence-electron chi connectivity index (χ3n) is 5.61. The fourth-order valence-corrected chi connectivity index (χ4v) is 3.63. The minimum absolute atomic E-state index is 0.00409. The zero-order valence-corrected chi connectivity index (χ0v) is 19.3. The third kappa shape index (κ3) is 7.74. The molecule has 0 aliphatic carbocycles. The van der Waals surface area contributed by atoms with Crippen molar-refractivity contribution in [2.45, 2.75) is 66.2 Å². The van der Waals surface area contributed by atoms with Crippen molar-refractivity contribution < 1.29 is 19.2 Å². The highest BCUT2D eigenvalue weighted by Crippen LogP contribution is 2.28. The summed E-state index contributed by atoms with van der Waals surface area (Å²) in [5.74, 6) is -1.97. The molecule has 0 saturated heterocycles. The molecule has 168 valence electrons. The second kappa shape index (κ2) is 12.1. The lowest BCUT2D eigenvalue weighted by Gasteiger charge is -2.17. The lowest BCUT2D eigenvalue weighted by molar-refractivity contribution is -0.121. The van der Waals surface area contributed by atoms with Crippen LogP contribution in [0.1, 0.15) is 92.5 Å². The number of benzene rings is 1. The van der Waals surface area contributed by atoms with E-state index in [1.165, 1.54) is 13.8 Å². The number of carbonyl (C=O) groups excluding carboxylic acids is 4. The molecule has 2 atom stereocenters. The Balaban J connectivity index is 3.21. The van der Waals surface area contributed by atoms with Gasteiger partial charge < -0.3 is 10.5 Å². The van der Waals surface area contributed by atoms with E-state index in [1.54, 1.807) is 18.2 Å². The summed E-state index contributed by atoms with van der Waals surface area (Å²) in [7, 11) is 0. The number of nitrogens with two attached hydrogens (primary N) is 1. The maximum atomic E-state index is 13.2. The third-order valence-corrected chi connectivity index (χ3v) is 5.61. The molecular formula is C26H35NO4. The van der Waals surface area contributed by atoms with Gasteiger partial charge in [-0.25, -0.2) is 0 Å². The van der Waals surface area contributed by atoms with Gasteiger partial charge in [-0.1, -0.05) is 52.0 Å². The maximum Gasteiger partial charge on any atom is 0.225 e. The van der Waals surface area contributed by atoms with Gasteiger partial charge in [-0.2, -0.15) is 0 Å². The van der Waals surface area contributed by atoms with Crippen molar-refractivity contribution in [1.29, 1.82) is 0 Å². The van der Waals surface area contributed by atoms with Crippen LogP contribution in [0.3, 0.4) is 0 Å². The summed E-state index contributed by atoms with van der Waals surface area (Å²) in [5.41, 5.74) is 7.58. The van der Waals surface area contributed by atoms with Gasteiger partial charge in [0.15, 0.2) is 11.6 Å². The highest BCUT2D eigenvalue weighted by atomic mass is 16.2. The fourth-order valence-electron chi connectivity index (χ4n) is 3.63. The second-order valence-electron chi connectivity index (χ2n) is 8.40. The molecule has 0 radical (unpaired) electrons. The topological polar surface area (TPSA) is 94.3 Å². The molecule has 31 heavy (non-hydrogen) atoms. The van der Waals surface area contributed by atoms with Crippen molar-refractivity contribution in [3.05, 3.63) is 53.6 Å². The van der Waals surface area contributed by atoms with Gasteiger partial charge in [-0.15, -0.1) is 0 Å². The lowest BCUT2D eigenvalue weighted by Crippen LogP contribution is -2.28. The van der Waals surface area contributed by atoms with Crippen LogP contribution in [-0.4, -0.2) is 23.3 Å². The molecule has 2 unspecified atom stereocenters. The summed E-state index contributed by atoms with van der Waals surface area (Å²) in [4.78, 5) is 48.6. The number of Topliss-reactive ketones (excluding diaryl/α,β-unsaturated/α-hetero) is 3. The van der Waals surface area contributed by atoms with E-state index in [-0.39, 0.29) is 41.1 Å². The first-order chi connectivity index (χ1) is 14.5. The second-order valence-corrected chi connectivity index (χ2v) is 8.40. The first-order valence-corrected chi connectivity index (χ1v) is 10.8. The summed E-state index contributed by atoms with van der Waals surface area (Å²) in [6.45, 7) is 15.1. The van der Waals surface area contributed by atoms with Crippen LogP contribution in [0.2, 0.25) is 0 Å². The molecule has 5 heteroatoms. The van der Waals surface area contributed by atoms with Gasteiger partial charge in [-0.05, 0) is 56.2 Å². The van der Waals surface area contributed by atoms with Gasteiger partial charge >= 0.3 is 0 Å². The monoisotopic (exact) mass is 425 g/mol. The van der Waals surface area contributed by atoms with E-state index in [0.29, 0.717) is 5.92 Å².